The van der Waals surface area contributed by atoms with E-state index in [-0.39, 0.29) is 5.75 Å². The second-order valence-corrected chi connectivity index (χ2v) is 4.73. The van der Waals surface area contributed by atoms with Crippen molar-refractivity contribution in [1.29, 1.82) is 5.26 Å². The van der Waals surface area contributed by atoms with E-state index < -0.39 is 6.04 Å². The Kier molecular flexibility index (Phi) is 6.67. The number of nitriles is 1. The van der Waals surface area contributed by atoms with E-state index in [1.807, 2.05) is 0 Å². The van der Waals surface area contributed by atoms with Crippen LogP contribution in [0.5, 0.6) is 11.5 Å². The number of rotatable bonds is 7. The summed E-state index contributed by atoms with van der Waals surface area (Å²) in [6.07, 6.45) is 0.638. The van der Waals surface area contributed by atoms with Gasteiger partial charge in [-0.3, -0.25) is 5.32 Å². The molecule has 1 aromatic rings. The van der Waals surface area contributed by atoms with Crippen LogP contribution < -0.4 is 10.1 Å². The van der Waals surface area contributed by atoms with Crippen LogP contribution in [0.1, 0.15) is 18.0 Å². The summed E-state index contributed by atoms with van der Waals surface area (Å²) in [4.78, 5) is 2.66. The average molecular weight is 340 g/mol. The van der Waals surface area contributed by atoms with Crippen molar-refractivity contribution in [3.8, 4) is 17.6 Å². The number of methoxy groups -OCH3 is 1. The summed E-state index contributed by atoms with van der Waals surface area (Å²) in [5, 5.41) is 25.4. The molecule has 2 N–H and O–H groups in total. The molecule has 1 atom stereocenters. The van der Waals surface area contributed by atoms with Gasteiger partial charge in [-0.1, -0.05) is 5.11 Å². The van der Waals surface area contributed by atoms with Gasteiger partial charge in [0.05, 0.1) is 17.7 Å². The van der Waals surface area contributed by atoms with Crippen LogP contribution in [-0.4, -0.2) is 25.3 Å². The van der Waals surface area contributed by atoms with Crippen LogP contribution in [0, 0.1) is 11.3 Å². The van der Waals surface area contributed by atoms with Gasteiger partial charge in [-0.2, -0.15) is 5.26 Å². The maximum atomic E-state index is 9.73. The van der Waals surface area contributed by atoms with Crippen molar-refractivity contribution in [3.05, 3.63) is 32.6 Å². The molecule has 0 fully saturated rings. The molecule has 0 saturated heterocycles. The molecular formula is C12H14BrN5O2. The molecule has 0 bridgehead atoms. The third kappa shape index (κ3) is 4.31. The summed E-state index contributed by atoms with van der Waals surface area (Å²) in [6.45, 7) is 0.919. The molecule has 106 valence electrons. The lowest BCUT2D eigenvalue weighted by Gasteiger charge is -2.14. The second-order valence-electron chi connectivity index (χ2n) is 3.88. The van der Waals surface area contributed by atoms with E-state index in [1.165, 1.54) is 7.11 Å². The summed E-state index contributed by atoms with van der Waals surface area (Å²) >= 11 is 3.22. The highest BCUT2D eigenvalue weighted by Gasteiger charge is 2.15. The zero-order valence-corrected chi connectivity index (χ0v) is 12.5. The van der Waals surface area contributed by atoms with Gasteiger partial charge in [-0.25, -0.2) is 0 Å². The number of nitrogens with zero attached hydrogens (tertiary/aromatic N) is 4. The molecule has 0 aliphatic carbocycles. The maximum Gasteiger partial charge on any atom is 0.172 e. The Bertz CT molecular complexity index is 552. The molecule has 0 aromatic heterocycles. The minimum absolute atomic E-state index is 0.00343. The fourth-order valence-electron chi connectivity index (χ4n) is 1.59. The van der Waals surface area contributed by atoms with Gasteiger partial charge < -0.3 is 9.84 Å². The van der Waals surface area contributed by atoms with Crippen LogP contribution in [0.3, 0.4) is 0 Å². The topological polar surface area (TPSA) is 114 Å². The normalized spacial score (nSPS) is 11.2. The summed E-state index contributed by atoms with van der Waals surface area (Å²) in [5.74, 6) is 0.293. The first-order valence-corrected chi connectivity index (χ1v) is 6.63. The van der Waals surface area contributed by atoms with Crippen LogP contribution in [0.4, 0.5) is 0 Å². The van der Waals surface area contributed by atoms with E-state index in [2.05, 4.69) is 37.3 Å². The van der Waals surface area contributed by atoms with Crippen molar-refractivity contribution >= 4 is 15.9 Å². The third-order valence-electron chi connectivity index (χ3n) is 2.58. The van der Waals surface area contributed by atoms with Crippen LogP contribution in [-0.2, 0) is 0 Å². The fourth-order valence-corrected chi connectivity index (χ4v) is 2.05. The first-order valence-electron chi connectivity index (χ1n) is 5.84. The zero-order chi connectivity index (χ0) is 15.0. The zero-order valence-electron chi connectivity index (χ0n) is 10.9. The number of phenolic OH excluding ortho intramolecular Hbond substituents is 1. The van der Waals surface area contributed by atoms with Crippen LogP contribution in [0.15, 0.2) is 21.7 Å². The lowest BCUT2D eigenvalue weighted by molar-refractivity contribution is 0.371. The number of aromatic hydroxyl groups is 1. The Morgan fingerprint density at radius 3 is 3.00 bits per heavy atom. The molecule has 7 nitrogen and oxygen atoms in total. The number of halogens is 1. The Labute approximate surface area is 124 Å². The summed E-state index contributed by atoms with van der Waals surface area (Å²) in [7, 11) is 1.44. The highest BCUT2D eigenvalue weighted by atomic mass is 79.9. The van der Waals surface area contributed by atoms with Crippen LogP contribution >= 0.6 is 15.9 Å². The Balaban J connectivity index is 2.77. The largest absolute Gasteiger partial charge is 0.503 e. The molecule has 20 heavy (non-hydrogen) atoms. The SMILES string of the molecule is COc1cc(C(C#N)NCCCN=[N+]=[N-])cc(Br)c1O. The highest BCUT2D eigenvalue weighted by Crippen LogP contribution is 2.36. The van der Waals surface area contributed by atoms with E-state index in [0.717, 1.165) is 0 Å². The minimum Gasteiger partial charge on any atom is -0.503 e. The Hall–Kier alpha value is -1.94. The number of nitrogens with one attached hydrogen (secondary N) is 1. The van der Waals surface area contributed by atoms with Gasteiger partial charge in [0.2, 0.25) is 0 Å². The van der Waals surface area contributed by atoms with E-state index in [4.69, 9.17) is 10.3 Å². The number of ether oxygens (including phenoxy) is 1. The molecule has 0 radical (unpaired) electrons. The summed E-state index contributed by atoms with van der Waals surface area (Å²) in [6, 6.07) is 4.86. The van der Waals surface area contributed by atoms with E-state index >= 15 is 0 Å². The summed E-state index contributed by atoms with van der Waals surface area (Å²) in [5.41, 5.74) is 8.83. The monoisotopic (exact) mass is 339 g/mol. The molecule has 0 heterocycles. The molecule has 1 rings (SSSR count). The second kappa shape index (κ2) is 8.27. The quantitative estimate of drug-likeness (QED) is 0.344. The van der Waals surface area contributed by atoms with Crippen molar-refractivity contribution in [2.75, 3.05) is 20.2 Å². The van der Waals surface area contributed by atoms with Gasteiger partial charge in [0.15, 0.2) is 11.5 Å². The molecule has 1 unspecified atom stereocenters. The number of hydrogen-bond acceptors (Lipinski definition) is 5. The average Bonchev–Trinajstić information content (AvgIpc) is 2.46. The molecule has 0 aliphatic heterocycles. The molecular weight excluding hydrogens is 326 g/mol. The van der Waals surface area contributed by atoms with Gasteiger partial charge in [0.1, 0.15) is 6.04 Å². The van der Waals surface area contributed by atoms with Gasteiger partial charge in [-0.15, -0.1) is 0 Å². The van der Waals surface area contributed by atoms with E-state index in [1.54, 1.807) is 12.1 Å². The number of benzene rings is 1. The number of hydrogen-bond donors (Lipinski definition) is 2. The molecule has 0 aliphatic rings. The number of phenols is 1. The van der Waals surface area contributed by atoms with Gasteiger partial charge in [0.25, 0.3) is 0 Å². The predicted molar refractivity (Wildman–Crippen MR) is 77.3 cm³/mol. The van der Waals surface area contributed by atoms with Crippen molar-refractivity contribution in [2.45, 2.75) is 12.5 Å². The van der Waals surface area contributed by atoms with Crippen LogP contribution in [0.25, 0.3) is 10.4 Å². The first kappa shape index (κ1) is 16.1. The molecule has 8 heteroatoms. The maximum absolute atomic E-state index is 9.73. The lowest BCUT2D eigenvalue weighted by atomic mass is 10.1. The standard InChI is InChI=1S/C12H14BrN5O2/c1-20-11-6-8(5-9(13)12(11)19)10(7-14)16-3-2-4-17-18-15/h5-6,10,16,19H,2-4H2,1H3. The first-order chi connectivity index (χ1) is 9.63. The van der Waals surface area contributed by atoms with E-state index in [9.17, 15) is 10.4 Å². The molecule has 0 spiro atoms. The Morgan fingerprint density at radius 1 is 1.65 bits per heavy atom. The van der Waals surface area contributed by atoms with Crippen molar-refractivity contribution in [3.63, 3.8) is 0 Å². The van der Waals surface area contributed by atoms with Crippen molar-refractivity contribution in [2.24, 2.45) is 5.11 Å². The minimum atomic E-state index is -0.535. The smallest absolute Gasteiger partial charge is 0.172 e. The van der Waals surface area contributed by atoms with Crippen molar-refractivity contribution < 1.29 is 9.84 Å². The molecule has 1 aromatic carbocycles. The van der Waals surface area contributed by atoms with Gasteiger partial charge in [-0.05, 0) is 52.1 Å². The van der Waals surface area contributed by atoms with Gasteiger partial charge in [0, 0.05) is 11.5 Å². The van der Waals surface area contributed by atoms with Crippen LogP contribution in [0.2, 0.25) is 0 Å². The lowest BCUT2D eigenvalue weighted by Crippen LogP contribution is -2.21. The highest BCUT2D eigenvalue weighted by molar-refractivity contribution is 9.10. The molecule has 0 amide bonds. The fraction of sp³-hybridized carbons (Fsp3) is 0.417. The van der Waals surface area contributed by atoms with E-state index in [0.29, 0.717) is 35.3 Å². The van der Waals surface area contributed by atoms with Crippen molar-refractivity contribution in [1.82, 2.24) is 5.32 Å². The molecule has 0 saturated carbocycles. The number of azide groups is 1. The third-order valence-corrected chi connectivity index (χ3v) is 3.18. The Morgan fingerprint density at radius 2 is 2.40 bits per heavy atom. The summed E-state index contributed by atoms with van der Waals surface area (Å²) < 4.78 is 5.51. The predicted octanol–water partition coefficient (Wildman–Crippen LogP) is 3.02. The van der Waals surface area contributed by atoms with Gasteiger partial charge >= 0.3 is 0 Å².